The van der Waals surface area contributed by atoms with Crippen LogP contribution >= 0.6 is 0 Å². The van der Waals surface area contributed by atoms with Gasteiger partial charge in [-0.25, -0.2) is 8.42 Å². The molecule has 0 bridgehead atoms. The first kappa shape index (κ1) is 24.0. The van der Waals surface area contributed by atoms with E-state index in [0.717, 1.165) is 18.6 Å². The maximum atomic E-state index is 12.8. The van der Waals surface area contributed by atoms with Crippen molar-refractivity contribution in [3.05, 3.63) is 65.2 Å². The fraction of sp³-hybridized carbons (Fsp3) is 0.417. The van der Waals surface area contributed by atoms with Crippen LogP contribution in [0.1, 0.15) is 53.0 Å². The summed E-state index contributed by atoms with van der Waals surface area (Å²) < 4.78 is 48.3. The molecule has 1 aliphatic heterocycles. The van der Waals surface area contributed by atoms with Crippen molar-refractivity contribution in [2.24, 2.45) is 11.8 Å². The third-order valence-corrected chi connectivity index (χ3v) is 7.10. The minimum Gasteiger partial charge on any atom is -0.339 e. The van der Waals surface area contributed by atoms with Gasteiger partial charge in [0.05, 0.1) is 4.90 Å². The molecule has 1 saturated heterocycles. The molecule has 0 atom stereocenters. The monoisotopic (exact) mass is 463 g/mol. The summed E-state index contributed by atoms with van der Waals surface area (Å²) in [4.78, 5) is 26.6. The number of hydrogen-bond donors (Lipinski definition) is 0. The van der Waals surface area contributed by atoms with Crippen LogP contribution in [0, 0.1) is 11.8 Å². The van der Waals surface area contributed by atoms with Gasteiger partial charge in [0, 0.05) is 30.1 Å². The second kappa shape index (κ2) is 9.90. The van der Waals surface area contributed by atoms with Crippen LogP contribution in [0.15, 0.2) is 53.4 Å². The third kappa shape index (κ3) is 5.41. The van der Waals surface area contributed by atoms with Gasteiger partial charge >= 0.3 is 5.76 Å². The largest absolute Gasteiger partial charge is 0.341 e. The highest BCUT2D eigenvalue weighted by atomic mass is 32.2. The van der Waals surface area contributed by atoms with Gasteiger partial charge in [0.25, 0.3) is 5.91 Å². The molecule has 0 aliphatic carbocycles. The molecule has 0 N–H and O–H groups in total. The summed E-state index contributed by atoms with van der Waals surface area (Å²) in [5.74, 6) is -3.35. The number of nitrogens with zero attached hydrogens (tertiary/aromatic N) is 1. The summed E-state index contributed by atoms with van der Waals surface area (Å²) in [5, 5.41) is 0. The van der Waals surface area contributed by atoms with Crippen LogP contribution in [0.2, 0.25) is 0 Å². The summed E-state index contributed by atoms with van der Waals surface area (Å²) in [5.41, 5.74) is 2.10. The molecule has 1 fully saturated rings. The number of halogens is 2. The van der Waals surface area contributed by atoms with Crippen molar-refractivity contribution < 1.29 is 26.8 Å². The molecule has 0 radical (unpaired) electrons. The van der Waals surface area contributed by atoms with Crippen LogP contribution in [0.5, 0.6) is 0 Å². The standard InChI is InChI=1S/C24H27F2NO4S/c1-16(2)15-17-3-5-18(6-4-17)22(28)19-11-13-27(14-12-19)23(29)20-7-9-21(10-8-20)32(30,31)24(25)26/h3-10,16,19,24H,11-15H2,1-2H3. The molecule has 2 aromatic carbocycles. The summed E-state index contributed by atoms with van der Waals surface area (Å²) in [6, 6.07) is 12.2. The Morgan fingerprint density at radius 1 is 0.938 bits per heavy atom. The smallest absolute Gasteiger partial charge is 0.339 e. The van der Waals surface area contributed by atoms with Gasteiger partial charge in [0.15, 0.2) is 5.78 Å². The van der Waals surface area contributed by atoms with Crippen LogP contribution in [-0.2, 0) is 16.3 Å². The first-order chi connectivity index (χ1) is 15.1. The molecular formula is C24H27F2NO4S. The van der Waals surface area contributed by atoms with Crippen molar-refractivity contribution in [3.8, 4) is 0 Å². The Morgan fingerprint density at radius 3 is 1.97 bits per heavy atom. The number of sulfone groups is 1. The summed E-state index contributed by atoms with van der Waals surface area (Å²) >= 11 is 0. The molecular weight excluding hydrogens is 436 g/mol. The zero-order valence-electron chi connectivity index (χ0n) is 18.1. The van der Waals surface area contributed by atoms with Gasteiger partial charge in [-0.1, -0.05) is 38.1 Å². The lowest BCUT2D eigenvalue weighted by Gasteiger charge is -2.31. The van der Waals surface area contributed by atoms with E-state index < -0.39 is 20.5 Å². The Labute approximate surface area is 187 Å². The number of likely N-dealkylation sites (tertiary alicyclic amines) is 1. The van der Waals surface area contributed by atoms with Crippen LogP contribution < -0.4 is 0 Å². The van der Waals surface area contributed by atoms with Gasteiger partial charge in [-0.3, -0.25) is 9.59 Å². The lowest BCUT2D eigenvalue weighted by atomic mass is 9.88. The lowest BCUT2D eigenvalue weighted by Crippen LogP contribution is -2.40. The van der Waals surface area contributed by atoms with Crippen molar-refractivity contribution in [1.82, 2.24) is 4.90 Å². The van der Waals surface area contributed by atoms with Gasteiger partial charge in [0.2, 0.25) is 9.84 Å². The SMILES string of the molecule is CC(C)Cc1ccc(C(=O)C2CCN(C(=O)c3ccc(S(=O)(=O)C(F)F)cc3)CC2)cc1. The summed E-state index contributed by atoms with van der Waals surface area (Å²) in [6.07, 6.45) is 2.04. The molecule has 8 heteroatoms. The number of carbonyl (C=O) groups is 2. The average molecular weight is 464 g/mol. The van der Waals surface area contributed by atoms with Crippen LogP contribution in [0.25, 0.3) is 0 Å². The Balaban J connectivity index is 1.59. The van der Waals surface area contributed by atoms with E-state index >= 15 is 0 Å². The Bertz CT molecular complexity index is 1060. The van der Waals surface area contributed by atoms with E-state index in [0.29, 0.717) is 37.4 Å². The van der Waals surface area contributed by atoms with E-state index in [9.17, 15) is 26.8 Å². The Hall–Kier alpha value is -2.61. The lowest BCUT2D eigenvalue weighted by molar-refractivity contribution is 0.0650. The van der Waals surface area contributed by atoms with Gasteiger partial charge < -0.3 is 4.90 Å². The predicted octanol–water partition coefficient (Wildman–Crippen LogP) is 4.62. The Morgan fingerprint density at radius 2 is 1.47 bits per heavy atom. The number of Topliss-reactive ketones (excluding diaryl/α,β-unsaturated/α-hetero) is 1. The van der Waals surface area contributed by atoms with Crippen LogP contribution in [-0.4, -0.2) is 43.9 Å². The topological polar surface area (TPSA) is 71.5 Å². The highest BCUT2D eigenvalue weighted by molar-refractivity contribution is 7.91. The van der Waals surface area contributed by atoms with E-state index in [4.69, 9.17) is 0 Å². The highest BCUT2D eigenvalue weighted by Crippen LogP contribution is 2.24. The van der Waals surface area contributed by atoms with Gasteiger partial charge in [-0.15, -0.1) is 0 Å². The number of alkyl halides is 2. The summed E-state index contributed by atoms with van der Waals surface area (Å²) in [7, 11) is -4.69. The maximum Gasteiger partial charge on any atom is 0.341 e. The Kier molecular flexibility index (Phi) is 7.44. The predicted molar refractivity (Wildman–Crippen MR) is 118 cm³/mol. The van der Waals surface area contributed by atoms with E-state index in [1.165, 1.54) is 17.7 Å². The molecule has 3 rings (SSSR count). The molecule has 5 nitrogen and oxygen atoms in total. The van der Waals surface area contributed by atoms with E-state index in [1.807, 2.05) is 24.3 Å². The number of carbonyl (C=O) groups excluding carboxylic acids is 2. The molecule has 2 aromatic rings. The minimum absolute atomic E-state index is 0.0785. The molecule has 0 aromatic heterocycles. The second-order valence-electron chi connectivity index (χ2n) is 8.56. The third-order valence-electron chi connectivity index (χ3n) is 5.70. The average Bonchev–Trinajstić information content (AvgIpc) is 2.78. The second-order valence-corrected chi connectivity index (χ2v) is 10.5. The van der Waals surface area contributed by atoms with Crippen molar-refractivity contribution in [1.29, 1.82) is 0 Å². The van der Waals surface area contributed by atoms with E-state index in [1.54, 1.807) is 4.90 Å². The highest BCUT2D eigenvalue weighted by Gasteiger charge is 2.30. The molecule has 0 saturated carbocycles. The minimum atomic E-state index is -4.69. The number of hydrogen-bond acceptors (Lipinski definition) is 4. The van der Waals surface area contributed by atoms with Crippen molar-refractivity contribution >= 4 is 21.5 Å². The van der Waals surface area contributed by atoms with E-state index in [-0.39, 0.29) is 23.2 Å². The first-order valence-electron chi connectivity index (χ1n) is 10.6. The normalized spacial score (nSPS) is 15.4. The number of piperidine rings is 1. The zero-order valence-corrected chi connectivity index (χ0v) is 18.9. The van der Waals surface area contributed by atoms with E-state index in [2.05, 4.69) is 13.8 Å². The van der Waals surface area contributed by atoms with Gasteiger partial charge in [-0.05, 0) is 55.0 Å². The summed E-state index contributed by atoms with van der Waals surface area (Å²) in [6.45, 7) is 5.09. The molecule has 0 unspecified atom stereocenters. The zero-order chi connectivity index (χ0) is 23.5. The van der Waals surface area contributed by atoms with Crippen molar-refractivity contribution in [3.63, 3.8) is 0 Å². The van der Waals surface area contributed by atoms with Crippen molar-refractivity contribution in [2.45, 2.75) is 43.8 Å². The molecule has 0 spiro atoms. The van der Waals surface area contributed by atoms with Gasteiger partial charge in [-0.2, -0.15) is 8.78 Å². The number of benzene rings is 2. The first-order valence-corrected chi connectivity index (χ1v) is 12.2. The molecule has 32 heavy (non-hydrogen) atoms. The molecule has 1 amide bonds. The van der Waals surface area contributed by atoms with Crippen LogP contribution in [0.3, 0.4) is 0 Å². The quantitative estimate of drug-likeness (QED) is 0.562. The van der Waals surface area contributed by atoms with Crippen LogP contribution in [0.4, 0.5) is 8.78 Å². The number of amides is 1. The molecule has 1 aliphatic rings. The molecule has 1 heterocycles. The fourth-order valence-corrected chi connectivity index (χ4v) is 4.65. The van der Waals surface area contributed by atoms with Crippen molar-refractivity contribution in [2.75, 3.05) is 13.1 Å². The number of ketones is 1. The van der Waals surface area contributed by atoms with Gasteiger partial charge in [0.1, 0.15) is 0 Å². The maximum absolute atomic E-state index is 12.8. The molecule has 172 valence electrons. The number of rotatable bonds is 7. The fourth-order valence-electron chi connectivity index (χ4n) is 3.93.